The Kier molecular flexibility index (Phi) is 3.54. The Labute approximate surface area is 131 Å². The van der Waals surface area contributed by atoms with Crippen molar-refractivity contribution in [1.29, 1.82) is 0 Å². The highest BCUT2D eigenvalue weighted by Gasteiger charge is 2.35. The molecular formula is C18H22N4. The first-order valence-corrected chi connectivity index (χ1v) is 8.15. The molecule has 2 aromatic heterocycles. The van der Waals surface area contributed by atoms with Crippen LogP contribution in [0.4, 0.5) is 5.69 Å². The van der Waals surface area contributed by atoms with Gasteiger partial charge in [-0.2, -0.15) is 0 Å². The Balaban J connectivity index is 1.68. The Morgan fingerprint density at radius 1 is 1.05 bits per heavy atom. The van der Waals surface area contributed by atoms with Crippen molar-refractivity contribution in [3.63, 3.8) is 0 Å². The SMILES string of the molecule is CN1C2CCC1CN(c1cccnc1-c1cccnc1)CC2. The average Bonchev–Trinajstić information content (AvgIpc) is 2.81. The van der Waals surface area contributed by atoms with E-state index in [9.17, 15) is 0 Å². The zero-order valence-electron chi connectivity index (χ0n) is 13.0. The third-order valence-electron chi connectivity index (χ3n) is 5.21. The van der Waals surface area contributed by atoms with Gasteiger partial charge >= 0.3 is 0 Å². The summed E-state index contributed by atoms with van der Waals surface area (Å²) in [7, 11) is 2.29. The van der Waals surface area contributed by atoms with Crippen molar-refractivity contribution in [2.24, 2.45) is 0 Å². The molecule has 4 rings (SSSR count). The molecule has 2 aliphatic rings. The molecule has 0 spiro atoms. The van der Waals surface area contributed by atoms with E-state index in [0.717, 1.165) is 30.4 Å². The lowest BCUT2D eigenvalue weighted by Gasteiger charge is -2.28. The topological polar surface area (TPSA) is 32.3 Å². The number of pyridine rings is 2. The summed E-state index contributed by atoms with van der Waals surface area (Å²) in [5.74, 6) is 0. The smallest absolute Gasteiger partial charge is 0.0950 e. The van der Waals surface area contributed by atoms with Crippen LogP contribution in [0.15, 0.2) is 42.9 Å². The van der Waals surface area contributed by atoms with Gasteiger partial charge in [0.15, 0.2) is 0 Å². The summed E-state index contributed by atoms with van der Waals surface area (Å²) in [6.45, 7) is 2.22. The fourth-order valence-electron chi connectivity index (χ4n) is 3.90. The van der Waals surface area contributed by atoms with Gasteiger partial charge in [0.25, 0.3) is 0 Å². The number of anilines is 1. The Hall–Kier alpha value is -1.94. The Morgan fingerprint density at radius 2 is 1.91 bits per heavy atom. The molecule has 4 heterocycles. The van der Waals surface area contributed by atoms with E-state index in [0.29, 0.717) is 6.04 Å². The van der Waals surface area contributed by atoms with Gasteiger partial charge in [-0.1, -0.05) is 0 Å². The summed E-state index contributed by atoms with van der Waals surface area (Å²) in [4.78, 5) is 14.0. The summed E-state index contributed by atoms with van der Waals surface area (Å²) in [6, 6.07) is 9.75. The van der Waals surface area contributed by atoms with Gasteiger partial charge in [0.2, 0.25) is 0 Å². The average molecular weight is 294 g/mol. The second-order valence-electron chi connectivity index (χ2n) is 6.40. The van der Waals surface area contributed by atoms with Crippen LogP contribution in [-0.4, -0.2) is 47.1 Å². The van der Waals surface area contributed by atoms with Crippen molar-refractivity contribution in [3.05, 3.63) is 42.9 Å². The second-order valence-corrected chi connectivity index (χ2v) is 6.40. The molecular weight excluding hydrogens is 272 g/mol. The minimum atomic E-state index is 0.675. The monoisotopic (exact) mass is 294 g/mol. The minimum absolute atomic E-state index is 0.675. The molecule has 0 amide bonds. The van der Waals surface area contributed by atoms with Crippen LogP contribution in [-0.2, 0) is 0 Å². The molecule has 2 aliphatic heterocycles. The van der Waals surface area contributed by atoms with E-state index in [2.05, 4.69) is 38.9 Å². The summed E-state index contributed by atoms with van der Waals surface area (Å²) in [6.07, 6.45) is 9.52. The summed E-state index contributed by atoms with van der Waals surface area (Å²) in [5.41, 5.74) is 3.40. The van der Waals surface area contributed by atoms with Gasteiger partial charge < -0.3 is 4.90 Å². The van der Waals surface area contributed by atoms with Crippen LogP contribution < -0.4 is 4.90 Å². The molecule has 2 fully saturated rings. The maximum Gasteiger partial charge on any atom is 0.0950 e. The molecule has 0 saturated carbocycles. The van der Waals surface area contributed by atoms with Crippen molar-refractivity contribution in [2.75, 3.05) is 25.0 Å². The van der Waals surface area contributed by atoms with Crippen molar-refractivity contribution in [3.8, 4) is 11.3 Å². The molecule has 2 aromatic rings. The summed E-state index contributed by atoms with van der Waals surface area (Å²) < 4.78 is 0. The first-order valence-electron chi connectivity index (χ1n) is 8.15. The third kappa shape index (κ3) is 2.37. The van der Waals surface area contributed by atoms with Crippen molar-refractivity contribution >= 4 is 5.69 Å². The third-order valence-corrected chi connectivity index (χ3v) is 5.21. The highest BCUT2D eigenvalue weighted by molar-refractivity contribution is 5.74. The zero-order valence-corrected chi connectivity index (χ0v) is 13.0. The largest absolute Gasteiger partial charge is 0.368 e. The van der Waals surface area contributed by atoms with E-state index in [1.165, 1.54) is 24.9 Å². The maximum atomic E-state index is 4.64. The van der Waals surface area contributed by atoms with Crippen LogP contribution in [0.5, 0.6) is 0 Å². The standard InChI is InChI=1S/C18H22N4/c1-21-15-6-7-16(21)13-22(11-8-15)17-5-3-10-20-18(17)14-4-2-9-19-12-14/h2-5,9-10,12,15-16H,6-8,11,13H2,1H3. The van der Waals surface area contributed by atoms with Gasteiger partial charge in [-0.05, 0) is 50.6 Å². The zero-order chi connectivity index (χ0) is 14.9. The second kappa shape index (κ2) is 5.69. The molecule has 2 saturated heterocycles. The minimum Gasteiger partial charge on any atom is -0.368 e. The lowest BCUT2D eigenvalue weighted by molar-refractivity contribution is 0.254. The molecule has 4 heteroatoms. The quantitative estimate of drug-likeness (QED) is 0.852. The van der Waals surface area contributed by atoms with E-state index >= 15 is 0 Å². The van der Waals surface area contributed by atoms with Crippen LogP contribution in [0.2, 0.25) is 0 Å². The molecule has 4 nitrogen and oxygen atoms in total. The van der Waals surface area contributed by atoms with Crippen LogP contribution in [0.25, 0.3) is 11.3 Å². The summed E-state index contributed by atoms with van der Waals surface area (Å²) >= 11 is 0. The molecule has 22 heavy (non-hydrogen) atoms. The predicted octanol–water partition coefficient (Wildman–Crippen LogP) is 2.82. The summed E-state index contributed by atoms with van der Waals surface area (Å²) in [5, 5.41) is 0. The molecule has 2 atom stereocenters. The highest BCUT2D eigenvalue weighted by atomic mass is 15.3. The lowest BCUT2D eigenvalue weighted by atomic mass is 10.1. The predicted molar refractivity (Wildman–Crippen MR) is 88.9 cm³/mol. The van der Waals surface area contributed by atoms with Crippen molar-refractivity contribution in [1.82, 2.24) is 14.9 Å². The van der Waals surface area contributed by atoms with E-state index in [1.807, 2.05) is 30.7 Å². The fourth-order valence-corrected chi connectivity index (χ4v) is 3.90. The number of fused-ring (bicyclic) bond motifs is 2. The first-order chi connectivity index (χ1) is 10.8. The van der Waals surface area contributed by atoms with E-state index in [-0.39, 0.29) is 0 Å². The van der Waals surface area contributed by atoms with Crippen LogP contribution in [0.1, 0.15) is 19.3 Å². The first kappa shape index (κ1) is 13.7. The van der Waals surface area contributed by atoms with Crippen LogP contribution in [0.3, 0.4) is 0 Å². The highest BCUT2D eigenvalue weighted by Crippen LogP contribution is 2.34. The molecule has 2 bridgehead atoms. The van der Waals surface area contributed by atoms with Crippen LogP contribution >= 0.6 is 0 Å². The number of aromatic nitrogens is 2. The van der Waals surface area contributed by atoms with Gasteiger partial charge in [-0.3, -0.25) is 14.9 Å². The van der Waals surface area contributed by atoms with Crippen molar-refractivity contribution < 1.29 is 0 Å². The number of nitrogens with zero attached hydrogens (tertiary/aromatic N) is 4. The van der Waals surface area contributed by atoms with Gasteiger partial charge in [-0.25, -0.2) is 0 Å². The molecule has 114 valence electrons. The van der Waals surface area contributed by atoms with Gasteiger partial charge in [0.1, 0.15) is 0 Å². The van der Waals surface area contributed by atoms with E-state index < -0.39 is 0 Å². The Morgan fingerprint density at radius 3 is 2.77 bits per heavy atom. The number of hydrogen-bond donors (Lipinski definition) is 0. The molecule has 0 radical (unpaired) electrons. The normalized spacial score (nSPS) is 25.2. The molecule has 0 aliphatic carbocycles. The number of likely N-dealkylation sites (N-methyl/N-ethyl adjacent to an activating group) is 1. The molecule has 0 N–H and O–H groups in total. The van der Waals surface area contributed by atoms with E-state index in [4.69, 9.17) is 0 Å². The lowest BCUT2D eigenvalue weighted by Crippen LogP contribution is -2.36. The van der Waals surface area contributed by atoms with Crippen LogP contribution in [0, 0.1) is 0 Å². The van der Waals surface area contributed by atoms with Gasteiger partial charge in [0, 0.05) is 49.3 Å². The van der Waals surface area contributed by atoms with E-state index in [1.54, 1.807) is 0 Å². The maximum absolute atomic E-state index is 4.64. The number of rotatable bonds is 2. The molecule has 0 aromatic carbocycles. The molecule has 2 unspecified atom stereocenters. The van der Waals surface area contributed by atoms with Gasteiger partial charge in [-0.15, -0.1) is 0 Å². The Bertz CT molecular complexity index is 643. The van der Waals surface area contributed by atoms with Gasteiger partial charge in [0.05, 0.1) is 11.4 Å². The fraction of sp³-hybridized carbons (Fsp3) is 0.444. The number of hydrogen-bond acceptors (Lipinski definition) is 4. The van der Waals surface area contributed by atoms with Crippen molar-refractivity contribution in [2.45, 2.75) is 31.3 Å².